The SMILES string of the molecule is CCCNS(=O)(=O)N(C)C1CCC(NCC)CC1. The van der Waals surface area contributed by atoms with Gasteiger partial charge in [0.05, 0.1) is 0 Å². The van der Waals surface area contributed by atoms with E-state index in [4.69, 9.17) is 0 Å². The first-order chi connectivity index (χ1) is 8.51. The zero-order chi connectivity index (χ0) is 13.6. The smallest absolute Gasteiger partial charge is 0.279 e. The summed E-state index contributed by atoms with van der Waals surface area (Å²) in [5.41, 5.74) is 0. The molecule has 1 aliphatic carbocycles. The normalized spacial score (nSPS) is 25.6. The van der Waals surface area contributed by atoms with Gasteiger partial charge in [0.15, 0.2) is 0 Å². The molecule has 0 aromatic rings. The number of nitrogens with one attached hydrogen (secondary N) is 2. The highest BCUT2D eigenvalue weighted by Gasteiger charge is 2.29. The molecule has 108 valence electrons. The summed E-state index contributed by atoms with van der Waals surface area (Å²) in [6, 6.07) is 0.709. The van der Waals surface area contributed by atoms with Crippen LogP contribution < -0.4 is 10.0 Å². The van der Waals surface area contributed by atoms with Crippen molar-refractivity contribution in [1.82, 2.24) is 14.3 Å². The first-order valence-corrected chi connectivity index (χ1v) is 8.41. The molecule has 5 nitrogen and oxygen atoms in total. The summed E-state index contributed by atoms with van der Waals surface area (Å²) in [4.78, 5) is 0. The third-order valence-electron chi connectivity index (χ3n) is 3.62. The first kappa shape index (κ1) is 15.9. The van der Waals surface area contributed by atoms with Crippen molar-refractivity contribution in [2.24, 2.45) is 0 Å². The minimum atomic E-state index is -3.29. The van der Waals surface area contributed by atoms with Crippen molar-refractivity contribution in [3.63, 3.8) is 0 Å². The van der Waals surface area contributed by atoms with Crippen LogP contribution in [0.25, 0.3) is 0 Å². The Balaban J connectivity index is 2.46. The molecule has 0 amide bonds. The van der Waals surface area contributed by atoms with Gasteiger partial charge >= 0.3 is 0 Å². The van der Waals surface area contributed by atoms with E-state index in [1.54, 1.807) is 7.05 Å². The quantitative estimate of drug-likeness (QED) is 0.732. The minimum absolute atomic E-state index is 0.147. The molecule has 2 N–H and O–H groups in total. The number of hydrogen-bond donors (Lipinski definition) is 2. The Bertz CT molecular complexity index is 324. The molecule has 0 unspecified atom stereocenters. The molecule has 0 aromatic heterocycles. The van der Waals surface area contributed by atoms with Gasteiger partial charge in [0.2, 0.25) is 0 Å². The lowest BCUT2D eigenvalue weighted by molar-refractivity contribution is 0.249. The maximum atomic E-state index is 12.0. The molecule has 0 aromatic carbocycles. The van der Waals surface area contributed by atoms with Gasteiger partial charge in [0.25, 0.3) is 10.2 Å². The van der Waals surface area contributed by atoms with Gasteiger partial charge in [0.1, 0.15) is 0 Å². The largest absolute Gasteiger partial charge is 0.314 e. The van der Waals surface area contributed by atoms with Crippen molar-refractivity contribution in [2.45, 2.75) is 58.0 Å². The fourth-order valence-corrected chi connectivity index (χ4v) is 3.73. The Morgan fingerprint density at radius 1 is 1.17 bits per heavy atom. The highest BCUT2D eigenvalue weighted by Crippen LogP contribution is 2.23. The molecule has 1 aliphatic rings. The molecule has 1 saturated carbocycles. The first-order valence-electron chi connectivity index (χ1n) is 6.97. The van der Waals surface area contributed by atoms with Gasteiger partial charge in [-0.25, -0.2) is 4.72 Å². The number of nitrogens with zero attached hydrogens (tertiary/aromatic N) is 1. The van der Waals surface area contributed by atoms with Crippen molar-refractivity contribution in [3.8, 4) is 0 Å². The number of hydrogen-bond acceptors (Lipinski definition) is 3. The lowest BCUT2D eigenvalue weighted by Gasteiger charge is -2.34. The van der Waals surface area contributed by atoms with Crippen LogP contribution in [0.4, 0.5) is 0 Å². The van der Waals surface area contributed by atoms with Crippen LogP contribution in [0.2, 0.25) is 0 Å². The van der Waals surface area contributed by atoms with Crippen LogP contribution in [-0.4, -0.2) is 44.9 Å². The number of rotatable bonds is 7. The van der Waals surface area contributed by atoms with Gasteiger partial charge in [-0.2, -0.15) is 12.7 Å². The van der Waals surface area contributed by atoms with Crippen LogP contribution in [-0.2, 0) is 10.2 Å². The van der Waals surface area contributed by atoms with Crippen molar-refractivity contribution in [2.75, 3.05) is 20.1 Å². The molecule has 0 bridgehead atoms. The maximum Gasteiger partial charge on any atom is 0.279 e. The Hall–Kier alpha value is -0.170. The second-order valence-corrected chi connectivity index (χ2v) is 6.79. The molecule has 0 atom stereocenters. The van der Waals surface area contributed by atoms with Gasteiger partial charge in [-0.15, -0.1) is 0 Å². The van der Waals surface area contributed by atoms with E-state index in [9.17, 15) is 8.42 Å². The van der Waals surface area contributed by atoms with Gasteiger partial charge in [0, 0.05) is 25.7 Å². The van der Waals surface area contributed by atoms with Crippen molar-refractivity contribution in [3.05, 3.63) is 0 Å². The summed E-state index contributed by atoms with van der Waals surface area (Å²) in [7, 11) is -1.60. The van der Waals surface area contributed by atoms with E-state index >= 15 is 0 Å². The fourth-order valence-electron chi connectivity index (χ4n) is 2.46. The van der Waals surface area contributed by atoms with Crippen LogP contribution in [0, 0.1) is 0 Å². The zero-order valence-electron chi connectivity index (χ0n) is 11.8. The molecule has 0 radical (unpaired) electrons. The van der Waals surface area contributed by atoms with Crippen LogP contribution >= 0.6 is 0 Å². The Morgan fingerprint density at radius 2 is 1.78 bits per heavy atom. The zero-order valence-corrected chi connectivity index (χ0v) is 12.6. The molecule has 1 fully saturated rings. The predicted octanol–water partition coefficient (Wildman–Crippen LogP) is 1.08. The van der Waals surface area contributed by atoms with Gasteiger partial charge in [-0.05, 0) is 38.6 Å². The van der Waals surface area contributed by atoms with E-state index in [0.29, 0.717) is 12.6 Å². The van der Waals surface area contributed by atoms with E-state index in [2.05, 4.69) is 17.0 Å². The van der Waals surface area contributed by atoms with Gasteiger partial charge in [-0.3, -0.25) is 0 Å². The summed E-state index contributed by atoms with van der Waals surface area (Å²) in [6.07, 6.45) is 4.83. The highest BCUT2D eigenvalue weighted by atomic mass is 32.2. The molecule has 0 spiro atoms. The highest BCUT2D eigenvalue weighted by molar-refractivity contribution is 7.87. The molecule has 0 saturated heterocycles. The second-order valence-electron chi connectivity index (χ2n) is 4.98. The second kappa shape index (κ2) is 7.43. The van der Waals surface area contributed by atoms with E-state index in [-0.39, 0.29) is 6.04 Å². The molecular formula is C12H27N3O2S. The molecule has 0 aliphatic heterocycles. The summed E-state index contributed by atoms with van der Waals surface area (Å²) >= 11 is 0. The van der Waals surface area contributed by atoms with Crippen molar-refractivity contribution in [1.29, 1.82) is 0 Å². The van der Waals surface area contributed by atoms with E-state index in [0.717, 1.165) is 38.6 Å². The van der Waals surface area contributed by atoms with E-state index in [1.807, 2.05) is 6.92 Å². The summed E-state index contributed by atoms with van der Waals surface area (Å²) in [6.45, 7) is 5.57. The van der Waals surface area contributed by atoms with Crippen molar-refractivity contribution < 1.29 is 8.42 Å². The molecule has 1 rings (SSSR count). The van der Waals surface area contributed by atoms with Crippen molar-refractivity contribution >= 4 is 10.2 Å². The lowest BCUT2D eigenvalue weighted by atomic mass is 9.91. The van der Waals surface area contributed by atoms with Crippen LogP contribution in [0.3, 0.4) is 0 Å². The van der Waals surface area contributed by atoms with Crippen LogP contribution in [0.15, 0.2) is 0 Å². The predicted molar refractivity (Wildman–Crippen MR) is 74.7 cm³/mol. The Kier molecular flexibility index (Phi) is 6.55. The minimum Gasteiger partial charge on any atom is -0.314 e. The Morgan fingerprint density at radius 3 is 2.28 bits per heavy atom. The molecule has 0 heterocycles. The molecular weight excluding hydrogens is 250 g/mol. The fraction of sp³-hybridized carbons (Fsp3) is 1.00. The summed E-state index contributed by atoms with van der Waals surface area (Å²) in [5, 5.41) is 3.43. The lowest BCUT2D eigenvalue weighted by Crippen LogP contribution is -2.47. The monoisotopic (exact) mass is 277 g/mol. The third-order valence-corrected chi connectivity index (χ3v) is 5.24. The molecule has 18 heavy (non-hydrogen) atoms. The average molecular weight is 277 g/mol. The van der Waals surface area contributed by atoms with E-state index < -0.39 is 10.2 Å². The van der Waals surface area contributed by atoms with Gasteiger partial charge in [-0.1, -0.05) is 13.8 Å². The van der Waals surface area contributed by atoms with Crippen LogP contribution in [0.1, 0.15) is 46.0 Å². The van der Waals surface area contributed by atoms with Crippen LogP contribution in [0.5, 0.6) is 0 Å². The average Bonchev–Trinajstić information content (AvgIpc) is 2.37. The standard InChI is InChI=1S/C12H27N3O2S/c1-4-10-14-18(16,17)15(3)12-8-6-11(7-9-12)13-5-2/h11-14H,4-10H2,1-3H3. The molecule has 6 heteroatoms. The Labute approximate surface area is 112 Å². The van der Waals surface area contributed by atoms with Gasteiger partial charge < -0.3 is 5.32 Å². The third kappa shape index (κ3) is 4.50. The topological polar surface area (TPSA) is 61.4 Å². The van der Waals surface area contributed by atoms with E-state index in [1.165, 1.54) is 4.31 Å². The summed E-state index contributed by atoms with van der Waals surface area (Å²) in [5.74, 6) is 0. The summed E-state index contributed by atoms with van der Waals surface area (Å²) < 4.78 is 28.1. The maximum absolute atomic E-state index is 12.0.